The van der Waals surface area contributed by atoms with E-state index >= 15 is 0 Å². The summed E-state index contributed by atoms with van der Waals surface area (Å²) >= 11 is 8.04. The van der Waals surface area contributed by atoms with Crippen LogP contribution in [0, 0.1) is 12.3 Å². The normalized spacial score (nSPS) is 16.9. The number of amides is 4. The lowest BCUT2D eigenvalue weighted by Crippen LogP contribution is -2.57. The fourth-order valence-electron chi connectivity index (χ4n) is 8.61. The van der Waals surface area contributed by atoms with Gasteiger partial charge in [0.25, 0.3) is 0 Å². The molecule has 4 heterocycles. The van der Waals surface area contributed by atoms with Crippen molar-refractivity contribution in [2.24, 2.45) is 5.41 Å². The molecule has 20 heteroatoms. The van der Waals surface area contributed by atoms with E-state index in [0.29, 0.717) is 59.2 Å². The van der Waals surface area contributed by atoms with Crippen molar-refractivity contribution in [3.63, 3.8) is 0 Å². The highest BCUT2D eigenvalue weighted by Gasteiger charge is 2.44. The summed E-state index contributed by atoms with van der Waals surface area (Å²) in [5.41, 5.74) is 6.16. The van der Waals surface area contributed by atoms with Crippen molar-refractivity contribution in [2.75, 3.05) is 55.6 Å². The number of methoxy groups -OCH3 is 1. The molecule has 4 amide bonds. The lowest BCUT2D eigenvalue weighted by Gasteiger charge is -2.35. The van der Waals surface area contributed by atoms with Crippen molar-refractivity contribution in [2.45, 2.75) is 90.6 Å². The zero-order valence-electron chi connectivity index (χ0n) is 40.5. The van der Waals surface area contributed by atoms with Crippen molar-refractivity contribution >= 4 is 87.8 Å². The summed E-state index contributed by atoms with van der Waals surface area (Å²) in [6.45, 7) is 12.4. The third-order valence-electron chi connectivity index (χ3n) is 12.4. The average Bonchev–Trinajstić information content (AvgIpc) is 3.95. The SMILES string of the molecule is COc1cc(N2CCC(NC(=O)CCC(=O)NC(C(=O)N3CC(O)CC3C(=O)NCc3ccc(-c4scnc4C)cc3)C(C)(C)C)CC2)ccc1Nc1ncc(Cl)c(Nc2ccccc2P(C)(C)=O)n1. The highest BCUT2D eigenvalue weighted by Crippen LogP contribution is 2.39. The quantitative estimate of drug-likeness (QED) is 0.0519. The number of thiazole rings is 1. The minimum absolute atomic E-state index is 0.0411. The van der Waals surface area contributed by atoms with Gasteiger partial charge in [-0.2, -0.15) is 4.98 Å². The Hall–Kier alpha value is -6.07. The molecule has 2 aliphatic rings. The van der Waals surface area contributed by atoms with Crippen LogP contribution in [0.25, 0.3) is 10.4 Å². The molecule has 0 bridgehead atoms. The van der Waals surface area contributed by atoms with Gasteiger partial charge in [-0.15, -0.1) is 11.3 Å². The van der Waals surface area contributed by atoms with Gasteiger partial charge in [-0.1, -0.05) is 68.8 Å². The molecule has 2 aliphatic heterocycles. The molecule has 372 valence electrons. The molecule has 6 N–H and O–H groups in total. The molecule has 3 atom stereocenters. The zero-order valence-corrected chi connectivity index (χ0v) is 43.0. The number of carbonyl (C=O) groups is 4. The number of nitrogens with zero attached hydrogens (tertiary/aromatic N) is 5. The van der Waals surface area contributed by atoms with E-state index in [4.69, 9.17) is 16.3 Å². The monoisotopic (exact) mass is 1010 g/mol. The fourth-order valence-corrected chi connectivity index (χ4v) is 10.7. The number of halogens is 1. The molecule has 2 saturated heterocycles. The van der Waals surface area contributed by atoms with E-state index in [9.17, 15) is 28.8 Å². The van der Waals surface area contributed by atoms with Crippen LogP contribution in [0.3, 0.4) is 0 Å². The summed E-state index contributed by atoms with van der Waals surface area (Å²) in [6.07, 6.45) is 1.82. The van der Waals surface area contributed by atoms with E-state index in [1.165, 1.54) is 11.1 Å². The number of aliphatic hydroxyl groups is 1. The van der Waals surface area contributed by atoms with E-state index in [-0.39, 0.29) is 56.2 Å². The molecule has 7 rings (SSSR count). The fraction of sp³-hybridized carbons (Fsp3) is 0.420. The molecule has 0 spiro atoms. The molecule has 3 aromatic carbocycles. The number of hydrogen-bond acceptors (Lipinski definition) is 14. The van der Waals surface area contributed by atoms with E-state index in [0.717, 1.165) is 27.4 Å². The Balaban J connectivity index is 0.873. The number of β-amino-alcohol motifs (C(OH)–C–C–N with tert-alkyl or cyclic N) is 1. The smallest absolute Gasteiger partial charge is 0.246 e. The number of piperidine rings is 1. The Bertz CT molecular complexity index is 2740. The van der Waals surface area contributed by atoms with Crippen molar-refractivity contribution in [1.82, 2.24) is 35.8 Å². The van der Waals surface area contributed by atoms with Gasteiger partial charge < -0.3 is 50.8 Å². The molecular weight excluding hydrogens is 951 g/mol. The number of aromatic nitrogens is 3. The lowest BCUT2D eigenvalue weighted by atomic mass is 9.85. The Morgan fingerprint density at radius 1 is 0.957 bits per heavy atom. The summed E-state index contributed by atoms with van der Waals surface area (Å²) in [5.74, 6) is -0.390. The molecule has 0 radical (unpaired) electrons. The number of ether oxygens (including phenoxy) is 1. The topological polar surface area (TPSA) is 220 Å². The number of aryl methyl sites for hydroxylation is 1. The van der Waals surface area contributed by atoms with Gasteiger partial charge in [0, 0.05) is 68.5 Å². The summed E-state index contributed by atoms with van der Waals surface area (Å²) in [5, 5.41) is 26.9. The van der Waals surface area contributed by atoms with E-state index < -0.39 is 42.6 Å². The zero-order chi connectivity index (χ0) is 50.3. The minimum Gasteiger partial charge on any atom is -0.494 e. The molecule has 70 heavy (non-hydrogen) atoms. The van der Waals surface area contributed by atoms with Crippen LogP contribution in [0.2, 0.25) is 5.02 Å². The van der Waals surface area contributed by atoms with Gasteiger partial charge in [-0.25, -0.2) is 9.97 Å². The van der Waals surface area contributed by atoms with Crippen molar-refractivity contribution < 1.29 is 33.6 Å². The predicted molar refractivity (Wildman–Crippen MR) is 276 cm³/mol. The first-order chi connectivity index (χ1) is 33.3. The van der Waals surface area contributed by atoms with Crippen LogP contribution < -0.4 is 41.5 Å². The van der Waals surface area contributed by atoms with Crippen LogP contribution in [-0.2, 0) is 30.3 Å². The number of nitrogens with one attached hydrogen (secondary N) is 5. The van der Waals surface area contributed by atoms with Gasteiger partial charge >= 0.3 is 0 Å². The van der Waals surface area contributed by atoms with Crippen molar-refractivity contribution in [1.29, 1.82) is 0 Å². The second-order valence-electron chi connectivity index (χ2n) is 19.2. The number of para-hydroxylation sites is 1. The van der Waals surface area contributed by atoms with E-state index in [1.54, 1.807) is 37.3 Å². The summed E-state index contributed by atoms with van der Waals surface area (Å²) in [6, 6.07) is 18.9. The van der Waals surface area contributed by atoms with Gasteiger partial charge in [-0.05, 0) is 73.9 Å². The Kier molecular flexibility index (Phi) is 16.5. The number of rotatable bonds is 17. The van der Waals surface area contributed by atoms with Gasteiger partial charge in [0.1, 0.15) is 30.0 Å². The molecule has 0 aliphatic carbocycles. The van der Waals surface area contributed by atoms with Crippen molar-refractivity contribution in [3.8, 4) is 16.2 Å². The molecule has 5 aromatic rings. The standard InChI is InChI=1S/C50H62ClN10O7PS/c1-30-44(70-29-54-30)32-14-12-31(13-15-32)26-52-47(65)39-25-35(62)28-61(39)48(66)45(50(2,3)4)58-43(64)19-18-42(63)55-33-20-22-60(23-21-33)34-16-17-37(40(24-34)68-5)57-49-53-27-36(51)46(59-49)56-38-10-8-9-11-41(38)69(6,7)67/h8-17,24,27,29,33,35,39,45,62H,18-23,25-26,28H2,1-7H3,(H,52,65)(H,55,63)(H,58,64)(H2,53,56,57,59). The van der Waals surface area contributed by atoms with Crippen LogP contribution in [0.4, 0.5) is 28.8 Å². The Labute approximate surface area is 417 Å². The third-order valence-corrected chi connectivity index (χ3v) is 15.2. The maximum atomic E-state index is 14.1. The average molecular weight is 1010 g/mol. The Morgan fingerprint density at radius 3 is 2.34 bits per heavy atom. The van der Waals surface area contributed by atoms with Gasteiger partial charge in [0.15, 0.2) is 5.82 Å². The highest BCUT2D eigenvalue weighted by molar-refractivity contribution is 7.70. The minimum atomic E-state index is -2.59. The third kappa shape index (κ3) is 13.0. The second kappa shape index (κ2) is 22.3. The van der Waals surface area contributed by atoms with Gasteiger partial charge in [-0.3, -0.25) is 19.2 Å². The number of aliphatic hydroxyl groups excluding tert-OH is 1. The summed E-state index contributed by atoms with van der Waals surface area (Å²) in [7, 11) is -1.01. The number of hydrogen-bond donors (Lipinski definition) is 6. The number of likely N-dealkylation sites (tertiary alicyclic amines) is 1. The van der Waals surface area contributed by atoms with E-state index in [2.05, 4.69) is 46.4 Å². The summed E-state index contributed by atoms with van der Waals surface area (Å²) in [4.78, 5) is 72.0. The molecule has 17 nitrogen and oxygen atoms in total. The van der Waals surface area contributed by atoms with Crippen LogP contribution in [0.1, 0.15) is 64.1 Å². The number of anilines is 5. The van der Waals surface area contributed by atoms with Crippen LogP contribution >= 0.6 is 30.1 Å². The van der Waals surface area contributed by atoms with E-state index in [1.807, 2.05) is 94.4 Å². The second-order valence-corrected chi connectivity index (χ2v) is 23.6. The van der Waals surface area contributed by atoms with Crippen molar-refractivity contribution in [3.05, 3.63) is 94.7 Å². The first-order valence-electron chi connectivity index (χ1n) is 23.3. The Morgan fingerprint density at radius 2 is 1.67 bits per heavy atom. The van der Waals surface area contributed by atoms with Crippen LogP contribution in [0.15, 0.2) is 78.4 Å². The molecule has 2 aromatic heterocycles. The number of benzene rings is 3. The van der Waals surface area contributed by atoms with Gasteiger partial charge in [0.05, 0.1) is 46.9 Å². The first kappa shape index (κ1) is 51.8. The number of carbonyl (C=O) groups excluding carboxylic acids is 4. The predicted octanol–water partition coefficient (Wildman–Crippen LogP) is 6.98. The largest absolute Gasteiger partial charge is 0.494 e. The van der Waals surface area contributed by atoms with Crippen LogP contribution in [-0.4, -0.2) is 113 Å². The molecule has 0 saturated carbocycles. The summed E-state index contributed by atoms with van der Waals surface area (Å²) < 4.78 is 18.7. The van der Waals surface area contributed by atoms with Crippen LogP contribution in [0.5, 0.6) is 5.75 Å². The molecule has 3 unspecified atom stereocenters. The molecule has 2 fully saturated rings. The lowest BCUT2D eigenvalue weighted by molar-refractivity contribution is -0.144. The maximum absolute atomic E-state index is 14.1. The molecular formula is C50H62ClN10O7PS. The highest BCUT2D eigenvalue weighted by atomic mass is 35.5. The maximum Gasteiger partial charge on any atom is 0.246 e. The first-order valence-corrected chi connectivity index (χ1v) is 27.1. The van der Waals surface area contributed by atoms with Gasteiger partial charge in [0.2, 0.25) is 29.6 Å².